The summed E-state index contributed by atoms with van der Waals surface area (Å²) >= 11 is 0. The molecular weight excluding hydrogens is 172 g/mol. The Labute approximate surface area is 88.9 Å². The largest absolute Gasteiger partial charge is 0.393 e. The monoisotopic (exact) mass is 198 g/mol. The van der Waals surface area contributed by atoms with Crippen LogP contribution in [0.5, 0.6) is 0 Å². The average Bonchev–Trinajstić information content (AvgIpc) is 2.53. The molecule has 0 amide bonds. The SMILES string of the molecule is CC(CC(O)C1CCCC1)C(C)(C)C. The van der Waals surface area contributed by atoms with E-state index in [1.807, 2.05) is 0 Å². The van der Waals surface area contributed by atoms with Crippen LogP contribution in [0, 0.1) is 17.3 Å². The molecule has 0 aromatic rings. The lowest BCUT2D eigenvalue weighted by Gasteiger charge is -2.30. The summed E-state index contributed by atoms with van der Waals surface area (Å²) in [5, 5.41) is 10.1. The van der Waals surface area contributed by atoms with Crippen LogP contribution < -0.4 is 0 Å². The Kier molecular flexibility index (Phi) is 4.00. The Hall–Kier alpha value is -0.0400. The van der Waals surface area contributed by atoms with Gasteiger partial charge in [-0.05, 0) is 36.5 Å². The van der Waals surface area contributed by atoms with E-state index in [-0.39, 0.29) is 6.10 Å². The first kappa shape index (κ1) is 12.0. The summed E-state index contributed by atoms with van der Waals surface area (Å²) in [5.41, 5.74) is 0.333. The maximum Gasteiger partial charge on any atom is 0.0571 e. The molecule has 2 unspecified atom stereocenters. The highest BCUT2D eigenvalue weighted by Crippen LogP contribution is 2.34. The van der Waals surface area contributed by atoms with Crippen molar-refractivity contribution in [1.29, 1.82) is 0 Å². The Morgan fingerprint density at radius 3 is 2.14 bits per heavy atom. The molecule has 0 spiro atoms. The second-order valence-electron chi connectivity index (χ2n) is 6.11. The maximum absolute atomic E-state index is 10.1. The molecule has 1 rings (SSSR count). The number of rotatable bonds is 3. The zero-order chi connectivity index (χ0) is 10.8. The van der Waals surface area contributed by atoms with Crippen molar-refractivity contribution in [3.63, 3.8) is 0 Å². The first-order valence-electron chi connectivity index (χ1n) is 6.09. The maximum atomic E-state index is 10.1. The highest BCUT2D eigenvalue weighted by Gasteiger charge is 2.28. The van der Waals surface area contributed by atoms with E-state index in [0.29, 0.717) is 17.3 Å². The summed E-state index contributed by atoms with van der Waals surface area (Å²) in [5.74, 6) is 1.21. The second-order valence-corrected chi connectivity index (χ2v) is 6.11. The van der Waals surface area contributed by atoms with Crippen LogP contribution in [0.1, 0.15) is 59.8 Å². The minimum atomic E-state index is -0.0493. The zero-order valence-electron chi connectivity index (χ0n) is 10.2. The lowest BCUT2D eigenvalue weighted by Crippen LogP contribution is -2.26. The smallest absolute Gasteiger partial charge is 0.0571 e. The molecule has 0 radical (unpaired) electrons. The van der Waals surface area contributed by atoms with Crippen LogP contribution in [-0.4, -0.2) is 11.2 Å². The lowest BCUT2D eigenvalue weighted by atomic mass is 9.77. The van der Waals surface area contributed by atoms with Crippen LogP contribution >= 0.6 is 0 Å². The van der Waals surface area contributed by atoms with Gasteiger partial charge in [0.2, 0.25) is 0 Å². The average molecular weight is 198 g/mol. The van der Waals surface area contributed by atoms with Crippen molar-refractivity contribution >= 4 is 0 Å². The van der Waals surface area contributed by atoms with Crippen molar-refractivity contribution in [2.45, 2.75) is 65.9 Å². The summed E-state index contributed by atoms with van der Waals surface area (Å²) in [4.78, 5) is 0. The van der Waals surface area contributed by atoms with Crippen molar-refractivity contribution in [3.8, 4) is 0 Å². The molecule has 1 aliphatic carbocycles. The molecule has 0 aliphatic heterocycles. The van der Waals surface area contributed by atoms with E-state index in [4.69, 9.17) is 0 Å². The molecule has 1 nitrogen and oxygen atoms in total. The minimum absolute atomic E-state index is 0.0493. The minimum Gasteiger partial charge on any atom is -0.393 e. The van der Waals surface area contributed by atoms with Crippen molar-refractivity contribution in [3.05, 3.63) is 0 Å². The van der Waals surface area contributed by atoms with Gasteiger partial charge >= 0.3 is 0 Å². The van der Waals surface area contributed by atoms with Crippen LogP contribution in [0.3, 0.4) is 0 Å². The van der Waals surface area contributed by atoms with Crippen LogP contribution in [0.4, 0.5) is 0 Å². The van der Waals surface area contributed by atoms with E-state index in [1.165, 1.54) is 25.7 Å². The molecule has 0 heterocycles. The van der Waals surface area contributed by atoms with Gasteiger partial charge in [-0.2, -0.15) is 0 Å². The summed E-state index contributed by atoms with van der Waals surface area (Å²) < 4.78 is 0. The molecule has 1 heteroatoms. The van der Waals surface area contributed by atoms with Crippen molar-refractivity contribution < 1.29 is 5.11 Å². The van der Waals surface area contributed by atoms with Gasteiger partial charge < -0.3 is 5.11 Å². The number of hydrogen-bond donors (Lipinski definition) is 1. The molecule has 0 aromatic heterocycles. The molecule has 0 saturated heterocycles. The Bertz CT molecular complexity index is 163. The molecule has 1 fully saturated rings. The van der Waals surface area contributed by atoms with Gasteiger partial charge in [-0.3, -0.25) is 0 Å². The molecule has 0 aromatic carbocycles. The topological polar surface area (TPSA) is 20.2 Å². The van der Waals surface area contributed by atoms with Crippen LogP contribution in [0.15, 0.2) is 0 Å². The van der Waals surface area contributed by atoms with Gasteiger partial charge in [-0.1, -0.05) is 40.5 Å². The summed E-state index contributed by atoms with van der Waals surface area (Å²) in [6.45, 7) is 9.05. The third-order valence-corrected chi connectivity index (χ3v) is 4.02. The van der Waals surface area contributed by atoms with Gasteiger partial charge in [0.25, 0.3) is 0 Å². The number of aliphatic hydroxyl groups excluding tert-OH is 1. The normalized spacial score (nSPS) is 23.8. The van der Waals surface area contributed by atoms with Gasteiger partial charge in [0, 0.05) is 0 Å². The van der Waals surface area contributed by atoms with Crippen molar-refractivity contribution in [2.75, 3.05) is 0 Å². The highest BCUT2D eigenvalue weighted by molar-refractivity contribution is 4.79. The van der Waals surface area contributed by atoms with Gasteiger partial charge in [0.1, 0.15) is 0 Å². The molecule has 1 saturated carbocycles. The van der Waals surface area contributed by atoms with E-state index in [1.54, 1.807) is 0 Å². The van der Waals surface area contributed by atoms with Crippen LogP contribution in [-0.2, 0) is 0 Å². The molecule has 1 aliphatic rings. The fourth-order valence-corrected chi connectivity index (χ4v) is 2.25. The summed E-state index contributed by atoms with van der Waals surface area (Å²) in [7, 11) is 0. The summed E-state index contributed by atoms with van der Waals surface area (Å²) in [6, 6.07) is 0. The van der Waals surface area contributed by atoms with Gasteiger partial charge in [-0.15, -0.1) is 0 Å². The first-order chi connectivity index (χ1) is 6.41. The van der Waals surface area contributed by atoms with Crippen molar-refractivity contribution in [1.82, 2.24) is 0 Å². The molecule has 2 atom stereocenters. The molecule has 84 valence electrons. The molecule has 1 N–H and O–H groups in total. The predicted molar refractivity (Wildman–Crippen MR) is 61.2 cm³/mol. The third kappa shape index (κ3) is 3.27. The van der Waals surface area contributed by atoms with Gasteiger partial charge in [0.15, 0.2) is 0 Å². The zero-order valence-corrected chi connectivity index (χ0v) is 10.2. The van der Waals surface area contributed by atoms with E-state index in [2.05, 4.69) is 27.7 Å². The molecular formula is C13H26O. The Morgan fingerprint density at radius 1 is 1.21 bits per heavy atom. The van der Waals surface area contributed by atoms with E-state index in [0.717, 1.165) is 6.42 Å². The van der Waals surface area contributed by atoms with E-state index < -0.39 is 0 Å². The van der Waals surface area contributed by atoms with Crippen molar-refractivity contribution in [2.24, 2.45) is 17.3 Å². The van der Waals surface area contributed by atoms with E-state index in [9.17, 15) is 5.11 Å². The number of aliphatic hydroxyl groups is 1. The van der Waals surface area contributed by atoms with Gasteiger partial charge in [0.05, 0.1) is 6.10 Å². The van der Waals surface area contributed by atoms with Gasteiger partial charge in [-0.25, -0.2) is 0 Å². The standard InChI is InChI=1S/C13H26O/c1-10(13(2,3)4)9-12(14)11-7-5-6-8-11/h10-12,14H,5-9H2,1-4H3. The Morgan fingerprint density at radius 2 is 1.71 bits per heavy atom. The fourth-order valence-electron chi connectivity index (χ4n) is 2.25. The number of hydrogen-bond acceptors (Lipinski definition) is 1. The fraction of sp³-hybridized carbons (Fsp3) is 1.00. The predicted octanol–water partition coefficient (Wildman–Crippen LogP) is 3.61. The second kappa shape index (κ2) is 4.65. The first-order valence-corrected chi connectivity index (χ1v) is 6.09. The lowest BCUT2D eigenvalue weighted by molar-refractivity contribution is 0.0639. The quantitative estimate of drug-likeness (QED) is 0.734. The Balaban J connectivity index is 2.35. The van der Waals surface area contributed by atoms with Crippen LogP contribution in [0.2, 0.25) is 0 Å². The van der Waals surface area contributed by atoms with E-state index >= 15 is 0 Å². The molecule has 0 bridgehead atoms. The molecule has 14 heavy (non-hydrogen) atoms. The third-order valence-electron chi connectivity index (χ3n) is 4.02. The highest BCUT2D eigenvalue weighted by atomic mass is 16.3. The summed E-state index contributed by atoms with van der Waals surface area (Å²) in [6.07, 6.45) is 6.08. The van der Waals surface area contributed by atoms with Crippen LogP contribution in [0.25, 0.3) is 0 Å².